The van der Waals surface area contributed by atoms with Gasteiger partial charge in [-0.15, -0.1) is 0 Å². The Morgan fingerprint density at radius 1 is 1.15 bits per heavy atom. The van der Waals surface area contributed by atoms with Crippen LogP contribution >= 0.6 is 0 Å². The lowest BCUT2D eigenvalue weighted by atomic mass is 9.96. The molecule has 10 heteroatoms. The number of nitrogens with one attached hydrogen (secondary N) is 2. The molecule has 1 aliphatic rings. The maximum Gasteiger partial charge on any atom is 0.410 e. The fourth-order valence-corrected chi connectivity index (χ4v) is 4.64. The molecule has 0 saturated carbocycles. The normalized spacial score (nSPS) is 17.4. The van der Waals surface area contributed by atoms with Crippen LogP contribution < -0.4 is 15.4 Å². The number of rotatable bonds is 9. The number of anilines is 1. The molecule has 214 valence electrons. The van der Waals surface area contributed by atoms with Crippen molar-refractivity contribution in [1.82, 2.24) is 20.2 Å². The molecule has 3 N–H and O–H groups in total. The highest BCUT2D eigenvalue weighted by molar-refractivity contribution is 5.86. The first-order chi connectivity index (χ1) is 19.1. The molecule has 2 heterocycles. The number of piperidine rings is 1. The zero-order chi connectivity index (χ0) is 28.7. The van der Waals surface area contributed by atoms with Crippen LogP contribution in [0, 0.1) is 6.92 Å². The average Bonchev–Trinajstić information content (AvgIpc) is 2.92. The van der Waals surface area contributed by atoms with Crippen molar-refractivity contribution in [3.8, 4) is 5.75 Å². The summed E-state index contributed by atoms with van der Waals surface area (Å²) in [4.78, 5) is 36.9. The molecule has 1 fully saturated rings. The molecule has 0 bridgehead atoms. The minimum atomic E-state index is -0.722. The molecule has 0 radical (unpaired) electrons. The highest BCUT2D eigenvalue weighted by Crippen LogP contribution is 2.30. The SMILES string of the molecule is Cc1ccc2ncc(N[C@H]3CCN(C(=O)OC(C)(C)C)[C@H](C(=O)NCCCO)C3)nc2c1OCc1ccccc1. The Bertz CT molecular complexity index is 1310. The Kier molecular flexibility index (Phi) is 9.42. The monoisotopic (exact) mass is 549 g/mol. The van der Waals surface area contributed by atoms with Gasteiger partial charge in [0.15, 0.2) is 5.75 Å². The van der Waals surface area contributed by atoms with E-state index < -0.39 is 17.7 Å². The molecular formula is C30H39N5O5. The molecule has 40 heavy (non-hydrogen) atoms. The van der Waals surface area contributed by atoms with Crippen LogP contribution in [-0.4, -0.2) is 69.4 Å². The second-order valence-corrected chi connectivity index (χ2v) is 11.0. The van der Waals surface area contributed by atoms with Crippen molar-refractivity contribution in [2.75, 3.05) is 25.0 Å². The number of aliphatic hydroxyl groups is 1. The van der Waals surface area contributed by atoms with Gasteiger partial charge in [-0.2, -0.15) is 0 Å². The summed E-state index contributed by atoms with van der Waals surface area (Å²) in [7, 11) is 0. The number of likely N-dealkylation sites (tertiary alicyclic amines) is 1. The van der Waals surface area contributed by atoms with Gasteiger partial charge in [-0.25, -0.2) is 9.78 Å². The topological polar surface area (TPSA) is 126 Å². The standard InChI is InChI=1S/C30H39N5O5/c1-20-11-12-23-26(27(20)39-19-21-9-6-5-7-10-21)34-25(18-32-23)33-22-13-15-35(29(38)40-30(2,3)4)24(17-22)28(37)31-14-8-16-36/h5-7,9-12,18,22,24,36H,8,13-17,19H2,1-4H3,(H,31,37)(H,33,34)/t22-,24-/m0/s1. The lowest BCUT2D eigenvalue weighted by molar-refractivity contribution is -0.127. The predicted octanol–water partition coefficient (Wildman–Crippen LogP) is 4.20. The van der Waals surface area contributed by atoms with Gasteiger partial charge in [0.1, 0.15) is 29.6 Å². The van der Waals surface area contributed by atoms with Crippen molar-refractivity contribution in [3.63, 3.8) is 0 Å². The third kappa shape index (κ3) is 7.59. The second kappa shape index (κ2) is 13.0. The lowest BCUT2D eigenvalue weighted by Gasteiger charge is -2.39. The van der Waals surface area contributed by atoms with Gasteiger partial charge in [0, 0.05) is 25.7 Å². The van der Waals surface area contributed by atoms with E-state index >= 15 is 0 Å². The van der Waals surface area contributed by atoms with Gasteiger partial charge in [0.25, 0.3) is 0 Å². The average molecular weight is 550 g/mol. The van der Waals surface area contributed by atoms with E-state index in [-0.39, 0.29) is 18.6 Å². The van der Waals surface area contributed by atoms with Crippen molar-refractivity contribution in [1.29, 1.82) is 0 Å². The molecule has 1 saturated heterocycles. The minimum absolute atomic E-state index is 0.0257. The molecular weight excluding hydrogens is 510 g/mol. The molecule has 10 nitrogen and oxygen atoms in total. The number of aromatic nitrogens is 2. The first-order valence-corrected chi connectivity index (χ1v) is 13.7. The van der Waals surface area contributed by atoms with Crippen LogP contribution in [0.25, 0.3) is 11.0 Å². The van der Waals surface area contributed by atoms with Crippen LogP contribution in [0.15, 0.2) is 48.7 Å². The van der Waals surface area contributed by atoms with E-state index in [9.17, 15) is 9.59 Å². The summed E-state index contributed by atoms with van der Waals surface area (Å²) in [5.74, 6) is 0.971. The Morgan fingerprint density at radius 3 is 2.65 bits per heavy atom. The van der Waals surface area contributed by atoms with E-state index in [0.29, 0.717) is 56.0 Å². The van der Waals surface area contributed by atoms with E-state index in [4.69, 9.17) is 19.6 Å². The third-order valence-electron chi connectivity index (χ3n) is 6.61. The number of amides is 2. The Balaban J connectivity index is 1.51. The molecule has 1 aromatic heterocycles. The Hall–Kier alpha value is -3.92. The summed E-state index contributed by atoms with van der Waals surface area (Å²) >= 11 is 0. The molecule has 1 aliphatic heterocycles. The van der Waals surface area contributed by atoms with E-state index in [0.717, 1.165) is 16.6 Å². The molecule has 0 aliphatic carbocycles. The molecule has 0 unspecified atom stereocenters. The summed E-state index contributed by atoms with van der Waals surface area (Å²) in [5.41, 5.74) is 2.72. The number of hydrogen-bond acceptors (Lipinski definition) is 8. The number of benzene rings is 2. The molecule has 0 spiro atoms. The van der Waals surface area contributed by atoms with E-state index in [1.807, 2.05) is 49.4 Å². The maximum absolute atomic E-state index is 13.1. The fourth-order valence-electron chi connectivity index (χ4n) is 4.64. The molecule has 2 aromatic carbocycles. The van der Waals surface area contributed by atoms with Crippen molar-refractivity contribution in [3.05, 3.63) is 59.8 Å². The zero-order valence-corrected chi connectivity index (χ0v) is 23.6. The number of ether oxygens (including phenoxy) is 2. The smallest absolute Gasteiger partial charge is 0.410 e. The van der Waals surface area contributed by atoms with Gasteiger partial charge >= 0.3 is 6.09 Å². The highest BCUT2D eigenvalue weighted by atomic mass is 16.6. The molecule has 2 atom stereocenters. The number of aliphatic hydroxyl groups excluding tert-OH is 1. The van der Waals surface area contributed by atoms with Crippen LogP contribution in [0.1, 0.15) is 51.2 Å². The number of carbonyl (C=O) groups excluding carboxylic acids is 2. The summed E-state index contributed by atoms with van der Waals surface area (Å²) < 4.78 is 11.8. The van der Waals surface area contributed by atoms with Crippen LogP contribution in [0.3, 0.4) is 0 Å². The number of carbonyl (C=O) groups is 2. The van der Waals surface area contributed by atoms with Crippen LogP contribution in [-0.2, 0) is 16.1 Å². The van der Waals surface area contributed by atoms with Crippen LogP contribution in [0.4, 0.5) is 10.6 Å². The van der Waals surface area contributed by atoms with Crippen LogP contribution in [0.5, 0.6) is 5.75 Å². The van der Waals surface area contributed by atoms with E-state index in [1.54, 1.807) is 27.0 Å². The number of nitrogens with zero attached hydrogens (tertiary/aromatic N) is 3. The van der Waals surface area contributed by atoms with Crippen molar-refractivity contribution in [2.45, 2.75) is 71.2 Å². The third-order valence-corrected chi connectivity index (χ3v) is 6.61. The largest absolute Gasteiger partial charge is 0.486 e. The van der Waals surface area contributed by atoms with Gasteiger partial charge in [-0.05, 0) is 64.2 Å². The van der Waals surface area contributed by atoms with E-state index in [2.05, 4.69) is 15.6 Å². The summed E-state index contributed by atoms with van der Waals surface area (Å²) in [5, 5.41) is 15.4. The summed E-state index contributed by atoms with van der Waals surface area (Å²) in [6, 6.07) is 13.0. The quantitative estimate of drug-likeness (QED) is 0.339. The minimum Gasteiger partial charge on any atom is -0.486 e. The van der Waals surface area contributed by atoms with Crippen LogP contribution in [0.2, 0.25) is 0 Å². The van der Waals surface area contributed by atoms with Gasteiger partial charge < -0.3 is 25.2 Å². The zero-order valence-electron chi connectivity index (χ0n) is 23.6. The number of hydrogen-bond donors (Lipinski definition) is 3. The molecule has 3 aromatic rings. The van der Waals surface area contributed by atoms with Gasteiger partial charge in [0.2, 0.25) is 5.91 Å². The van der Waals surface area contributed by atoms with Crippen molar-refractivity contribution < 1.29 is 24.2 Å². The number of fused-ring (bicyclic) bond motifs is 1. The first kappa shape index (κ1) is 29.1. The summed E-state index contributed by atoms with van der Waals surface area (Å²) in [6.45, 7) is 8.43. The maximum atomic E-state index is 13.1. The Morgan fingerprint density at radius 2 is 1.93 bits per heavy atom. The second-order valence-electron chi connectivity index (χ2n) is 11.0. The molecule has 2 amide bonds. The fraction of sp³-hybridized carbons (Fsp3) is 0.467. The van der Waals surface area contributed by atoms with Gasteiger partial charge in [-0.1, -0.05) is 36.4 Å². The van der Waals surface area contributed by atoms with Crippen molar-refractivity contribution >= 4 is 28.9 Å². The lowest BCUT2D eigenvalue weighted by Crippen LogP contribution is -2.56. The summed E-state index contributed by atoms with van der Waals surface area (Å²) in [6.07, 6.45) is 2.57. The molecule has 4 rings (SSSR count). The first-order valence-electron chi connectivity index (χ1n) is 13.7. The highest BCUT2D eigenvalue weighted by Gasteiger charge is 2.38. The number of aryl methyl sites for hydroxylation is 1. The predicted molar refractivity (Wildman–Crippen MR) is 153 cm³/mol. The van der Waals surface area contributed by atoms with Gasteiger partial charge in [0.05, 0.1) is 11.7 Å². The van der Waals surface area contributed by atoms with Gasteiger partial charge in [-0.3, -0.25) is 14.7 Å². The Labute approximate surface area is 235 Å². The van der Waals surface area contributed by atoms with Crippen molar-refractivity contribution in [2.24, 2.45) is 0 Å². The van der Waals surface area contributed by atoms with E-state index in [1.165, 1.54) is 4.90 Å².